The van der Waals surface area contributed by atoms with Gasteiger partial charge in [-0.2, -0.15) is 0 Å². The summed E-state index contributed by atoms with van der Waals surface area (Å²) in [6, 6.07) is 26.3. The average molecular weight is 757 g/mol. The van der Waals surface area contributed by atoms with Gasteiger partial charge in [0.1, 0.15) is 0 Å². The van der Waals surface area contributed by atoms with Gasteiger partial charge in [-0.05, 0) is 128 Å². The fraction of sp³-hybridized carbons (Fsp3) is 0.279. The Kier molecular flexibility index (Phi) is 8.00. The summed E-state index contributed by atoms with van der Waals surface area (Å²) >= 11 is 0. The Bertz CT molecular complexity index is 2130. The molecule has 3 aromatic carbocycles. The molecule has 3 heterocycles. The molecule has 2 bridgehead atoms. The van der Waals surface area contributed by atoms with Crippen LogP contribution in [0.3, 0.4) is 0 Å². The van der Waals surface area contributed by atoms with Crippen molar-refractivity contribution in [1.82, 2.24) is 29.1 Å². The average Bonchev–Trinajstić information content (AvgIpc) is 4.00. The standard InChI is InChI=1S/C36H34BN6.C7H8.Rh/c1-22-28-19-16-25-10-4-7-13-31(25)34(28)38-41(22)37(42-23(2)29-20-17-26-11-5-8-14-32(26)35(29)39-42)43-24(3)30-21-18-27-12-6-9-15-33(27)36(30)40-43;1-2-7-4-3-6(1)5-7;/h4-15,37H,16-21H2,1-3H3;1-4,6-7H,5H2;/q-1;;. The van der Waals surface area contributed by atoms with Crippen LogP contribution in [-0.2, 0) is 58.0 Å². The van der Waals surface area contributed by atoms with Crippen molar-refractivity contribution in [3.63, 3.8) is 0 Å². The van der Waals surface area contributed by atoms with E-state index in [1.165, 1.54) is 73.6 Å². The Morgan fingerprint density at radius 3 is 1.08 bits per heavy atom. The van der Waals surface area contributed by atoms with Gasteiger partial charge in [0.2, 0.25) is 0 Å². The van der Waals surface area contributed by atoms with Gasteiger partial charge in [0.25, 0.3) is 0 Å². The van der Waals surface area contributed by atoms with Crippen molar-refractivity contribution in [1.29, 1.82) is 0 Å². The molecule has 5 aliphatic rings. The number of benzene rings is 3. The van der Waals surface area contributed by atoms with E-state index in [9.17, 15) is 0 Å². The quantitative estimate of drug-likeness (QED) is 0.136. The van der Waals surface area contributed by atoms with E-state index in [1.807, 2.05) is 0 Å². The van der Waals surface area contributed by atoms with Crippen LogP contribution in [0.5, 0.6) is 0 Å². The molecule has 0 atom stereocenters. The molecule has 0 unspecified atom stereocenters. The van der Waals surface area contributed by atoms with E-state index in [0.717, 1.165) is 67.4 Å². The van der Waals surface area contributed by atoms with E-state index in [0.29, 0.717) is 0 Å². The van der Waals surface area contributed by atoms with E-state index in [-0.39, 0.29) is 19.5 Å². The van der Waals surface area contributed by atoms with E-state index < -0.39 is 7.12 Å². The van der Waals surface area contributed by atoms with Crippen LogP contribution in [0.25, 0.3) is 33.8 Å². The first-order valence-electron chi connectivity index (χ1n) is 18.6. The maximum atomic E-state index is 5.46. The van der Waals surface area contributed by atoms with Gasteiger partial charge in [-0.25, -0.2) is 15.3 Å². The molecule has 6 nitrogen and oxygen atoms in total. The summed E-state index contributed by atoms with van der Waals surface area (Å²) in [5.74, 6) is 1.62. The van der Waals surface area contributed by atoms with Crippen molar-refractivity contribution in [3.8, 4) is 33.8 Å². The fourth-order valence-electron chi connectivity index (χ4n) is 9.52. The number of aryl methyl sites for hydroxylation is 3. The molecule has 0 saturated carbocycles. The molecule has 3 aromatic heterocycles. The van der Waals surface area contributed by atoms with Crippen molar-refractivity contribution in [2.45, 2.75) is 65.7 Å². The zero-order valence-electron chi connectivity index (χ0n) is 29.6. The third-order valence-corrected chi connectivity index (χ3v) is 12.3. The molecule has 8 heteroatoms. The number of fused-ring (bicyclic) bond motifs is 11. The first kappa shape index (κ1) is 32.4. The van der Waals surface area contributed by atoms with Crippen molar-refractivity contribution < 1.29 is 19.5 Å². The van der Waals surface area contributed by atoms with Gasteiger partial charge in [-0.3, -0.25) is 0 Å². The topological polar surface area (TPSA) is 53.5 Å². The SMILES string of the molecule is C1=CC2C=CC1C2.Cc1c2c(nn1[BH-](n1nc3c(c1C)CCc1ccccc1-3)n1nc3c(c1C)CCc1ccccc1-3)-c1ccccc1CC2.[Rh]. The number of allylic oxidation sites excluding steroid dienone is 4. The minimum atomic E-state index is -1.57. The summed E-state index contributed by atoms with van der Waals surface area (Å²) in [5.41, 5.74) is 19.1. The molecule has 0 aliphatic heterocycles. The van der Waals surface area contributed by atoms with Gasteiger partial charge in [0.15, 0.2) is 0 Å². The number of rotatable bonds is 3. The molecule has 51 heavy (non-hydrogen) atoms. The molecule has 0 N–H and O–H groups in total. The van der Waals surface area contributed by atoms with Gasteiger partial charge in [-0.1, -0.05) is 97.1 Å². The van der Waals surface area contributed by atoms with E-state index >= 15 is 0 Å². The Labute approximate surface area is 313 Å². The number of nitrogens with zero attached hydrogens (tertiary/aromatic N) is 6. The summed E-state index contributed by atoms with van der Waals surface area (Å²) in [4.78, 5) is 0. The third-order valence-electron chi connectivity index (χ3n) is 12.3. The van der Waals surface area contributed by atoms with Gasteiger partial charge >= 0.3 is 7.12 Å². The normalized spacial score (nSPS) is 18.2. The summed E-state index contributed by atoms with van der Waals surface area (Å²) in [7, 11) is -1.57. The molecular formula is C43H42BN6Rh-. The molecule has 6 aromatic rings. The summed E-state index contributed by atoms with van der Waals surface area (Å²) in [5, 5.41) is 16.4. The molecule has 11 rings (SSSR count). The van der Waals surface area contributed by atoms with E-state index in [1.54, 1.807) is 0 Å². The van der Waals surface area contributed by atoms with Crippen LogP contribution in [0, 0.1) is 32.6 Å². The third kappa shape index (κ3) is 5.12. The van der Waals surface area contributed by atoms with Crippen molar-refractivity contribution >= 4 is 7.12 Å². The number of aromatic nitrogens is 6. The maximum absolute atomic E-state index is 5.46. The summed E-state index contributed by atoms with van der Waals surface area (Å²) < 4.78 is 6.88. The first-order chi connectivity index (χ1) is 24.5. The van der Waals surface area contributed by atoms with Crippen LogP contribution < -0.4 is 0 Å². The Morgan fingerprint density at radius 2 is 0.784 bits per heavy atom. The van der Waals surface area contributed by atoms with Gasteiger partial charge in [-0.15, -0.1) is 0 Å². The molecule has 257 valence electrons. The van der Waals surface area contributed by atoms with Crippen molar-refractivity contribution in [2.24, 2.45) is 11.8 Å². The van der Waals surface area contributed by atoms with E-state index in [4.69, 9.17) is 15.3 Å². The van der Waals surface area contributed by atoms with Crippen LogP contribution in [-0.4, -0.2) is 36.2 Å². The first-order valence-corrected chi connectivity index (χ1v) is 18.6. The largest absolute Gasteiger partial charge is 0.400 e. The summed E-state index contributed by atoms with van der Waals surface area (Å²) in [6.45, 7) is 6.76. The Balaban J connectivity index is 0.000000387. The second kappa shape index (κ2) is 12.6. The minimum Gasteiger partial charge on any atom is -0.400 e. The van der Waals surface area contributed by atoms with Crippen LogP contribution in [0.1, 0.15) is 56.9 Å². The predicted octanol–water partition coefficient (Wildman–Crippen LogP) is 7.91. The fourth-order valence-corrected chi connectivity index (χ4v) is 9.52. The summed E-state index contributed by atoms with van der Waals surface area (Å²) in [6.07, 6.45) is 16.7. The Hall–Kier alpha value is -4.54. The molecule has 1 radical (unpaired) electrons. The minimum absolute atomic E-state index is 0. The number of hydrogen-bond acceptors (Lipinski definition) is 3. The van der Waals surface area contributed by atoms with Crippen molar-refractivity contribution in [3.05, 3.63) is 148 Å². The van der Waals surface area contributed by atoms with Crippen LogP contribution >= 0.6 is 0 Å². The van der Waals surface area contributed by atoms with Crippen molar-refractivity contribution in [2.75, 3.05) is 0 Å². The molecular weight excluding hydrogens is 714 g/mol. The van der Waals surface area contributed by atoms with E-state index in [2.05, 4.69) is 132 Å². The maximum Gasteiger partial charge on any atom is 0.326 e. The zero-order valence-corrected chi connectivity index (χ0v) is 31.2. The van der Waals surface area contributed by atoms with Gasteiger partial charge in [0.05, 0.1) is 17.1 Å². The van der Waals surface area contributed by atoms with Gasteiger partial charge < -0.3 is 13.8 Å². The molecule has 0 amide bonds. The van der Waals surface area contributed by atoms with Crippen LogP contribution in [0.2, 0.25) is 0 Å². The second-order valence-corrected chi connectivity index (χ2v) is 15.0. The molecule has 5 aliphatic carbocycles. The second-order valence-electron chi connectivity index (χ2n) is 15.0. The van der Waals surface area contributed by atoms with Crippen LogP contribution in [0.4, 0.5) is 0 Å². The number of hydrogen-bond donors (Lipinski definition) is 0. The zero-order chi connectivity index (χ0) is 33.5. The monoisotopic (exact) mass is 756 g/mol. The molecule has 0 fully saturated rings. The molecule has 0 saturated heterocycles. The van der Waals surface area contributed by atoms with Gasteiger partial charge in [0, 0.05) is 36.2 Å². The Morgan fingerprint density at radius 1 is 0.471 bits per heavy atom. The predicted molar refractivity (Wildman–Crippen MR) is 203 cm³/mol. The van der Waals surface area contributed by atoms with Crippen LogP contribution in [0.15, 0.2) is 97.1 Å². The molecule has 0 spiro atoms. The smallest absolute Gasteiger partial charge is 0.326 e.